The average molecular weight is 420 g/mol. The lowest BCUT2D eigenvalue weighted by atomic mass is 10.1. The van der Waals surface area contributed by atoms with E-state index in [4.69, 9.17) is 4.52 Å². The van der Waals surface area contributed by atoms with Crippen LogP contribution < -0.4 is 0 Å². The number of nitrogens with zero attached hydrogens (tertiary/aromatic N) is 4. The van der Waals surface area contributed by atoms with Gasteiger partial charge >= 0.3 is 6.18 Å². The second kappa shape index (κ2) is 8.53. The summed E-state index contributed by atoms with van der Waals surface area (Å²) in [6.07, 6.45) is -4.33. The van der Waals surface area contributed by atoms with Crippen LogP contribution in [0.4, 0.5) is 17.6 Å². The maximum atomic E-state index is 13.0. The van der Waals surface area contributed by atoms with E-state index in [9.17, 15) is 17.6 Å². The van der Waals surface area contributed by atoms with Crippen LogP contribution in [0.1, 0.15) is 17.0 Å². The summed E-state index contributed by atoms with van der Waals surface area (Å²) in [6, 6.07) is 11.3. The van der Waals surface area contributed by atoms with Gasteiger partial charge in [-0.3, -0.25) is 9.80 Å². The van der Waals surface area contributed by atoms with Crippen LogP contribution in [0.3, 0.4) is 0 Å². The van der Waals surface area contributed by atoms with E-state index < -0.39 is 11.7 Å². The van der Waals surface area contributed by atoms with Gasteiger partial charge in [0.25, 0.3) is 0 Å². The standard InChI is InChI=1S/C21H20F4N4O/c22-18-6-4-16(5-7-18)20-26-19(30-27-20)14-29-10-8-28(9-11-29)13-15-2-1-3-17(12-15)21(23,24)25/h1-7,12H,8-11,13-14H2. The molecule has 0 aliphatic carbocycles. The number of benzene rings is 2. The number of rotatable bonds is 5. The minimum atomic E-state index is -4.33. The zero-order valence-corrected chi connectivity index (χ0v) is 16.1. The third-order valence-corrected chi connectivity index (χ3v) is 5.05. The highest BCUT2D eigenvalue weighted by Gasteiger charge is 2.30. The summed E-state index contributed by atoms with van der Waals surface area (Å²) in [5.41, 5.74) is 0.711. The molecular formula is C21H20F4N4O. The molecule has 0 amide bonds. The van der Waals surface area contributed by atoms with E-state index in [1.165, 1.54) is 24.3 Å². The predicted molar refractivity (Wildman–Crippen MR) is 102 cm³/mol. The Bertz CT molecular complexity index is 979. The van der Waals surface area contributed by atoms with E-state index in [0.29, 0.717) is 35.9 Å². The average Bonchev–Trinajstić information content (AvgIpc) is 3.18. The summed E-state index contributed by atoms with van der Waals surface area (Å²) >= 11 is 0. The first-order valence-corrected chi connectivity index (χ1v) is 9.56. The van der Waals surface area contributed by atoms with Gasteiger partial charge in [0.15, 0.2) is 0 Å². The molecule has 5 nitrogen and oxygen atoms in total. The van der Waals surface area contributed by atoms with Gasteiger partial charge in [0, 0.05) is 38.3 Å². The molecule has 0 saturated carbocycles. The van der Waals surface area contributed by atoms with Crippen LogP contribution in [0.2, 0.25) is 0 Å². The lowest BCUT2D eigenvalue weighted by Gasteiger charge is -2.34. The minimum absolute atomic E-state index is 0.328. The Balaban J connectivity index is 1.30. The topological polar surface area (TPSA) is 45.4 Å². The summed E-state index contributed by atoms with van der Waals surface area (Å²) in [7, 11) is 0. The van der Waals surface area contributed by atoms with Gasteiger partial charge < -0.3 is 4.52 Å². The Morgan fingerprint density at radius 2 is 1.57 bits per heavy atom. The van der Waals surface area contributed by atoms with Crippen molar-refractivity contribution in [1.29, 1.82) is 0 Å². The maximum Gasteiger partial charge on any atom is 0.416 e. The third-order valence-electron chi connectivity index (χ3n) is 5.05. The van der Waals surface area contributed by atoms with Gasteiger partial charge in [-0.1, -0.05) is 23.4 Å². The Labute approximate surface area is 170 Å². The Hall–Kier alpha value is -2.78. The van der Waals surface area contributed by atoms with Crippen LogP contribution in [0, 0.1) is 5.82 Å². The molecule has 1 fully saturated rings. The molecule has 2 aromatic carbocycles. The van der Waals surface area contributed by atoms with Crippen molar-refractivity contribution >= 4 is 0 Å². The molecule has 0 atom stereocenters. The zero-order valence-electron chi connectivity index (χ0n) is 16.1. The number of piperazine rings is 1. The number of hydrogen-bond donors (Lipinski definition) is 0. The molecule has 1 aliphatic heterocycles. The SMILES string of the molecule is Fc1ccc(-c2noc(CN3CCN(Cc4cccc(C(F)(F)F)c4)CC3)n2)cc1. The highest BCUT2D eigenvalue weighted by atomic mass is 19.4. The molecule has 0 bridgehead atoms. The third kappa shape index (κ3) is 5.03. The number of halogens is 4. The van der Waals surface area contributed by atoms with Crippen molar-refractivity contribution in [3.63, 3.8) is 0 Å². The lowest BCUT2D eigenvalue weighted by molar-refractivity contribution is -0.137. The number of alkyl halides is 3. The summed E-state index contributed by atoms with van der Waals surface area (Å²) < 4.78 is 57.0. The first-order valence-electron chi connectivity index (χ1n) is 9.56. The fourth-order valence-electron chi connectivity index (χ4n) is 3.44. The van der Waals surface area contributed by atoms with Crippen molar-refractivity contribution in [2.45, 2.75) is 19.3 Å². The van der Waals surface area contributed by atoms with E-state index in [2.05, 4.69) is 19.9 Å². The van der Waals surface area contributed by atoms with Crippen LogP contribution in [-0.4, -0.2) is 46.1 Å². The second-order valence-corrected chi connectivity index (χ2v) is 7.27. The molecule has 1 aromatic heterocycles. The Morgan fingerprint density at radius 3 is 2.23 bits per heavy atom. The van der Waals surface area contributed by atoms with Gasteiger partial charge in [-0.2, -0.15) is 18.2 Å². The molecule has 0 spiro atoms. The van der Waals surface area contributed by atoms with Crippen LogP contribution in [0.15, 0.2) is 53.1 Å². The van der Waals surface area contributed by atoms with Crippen LogP contribution in [0.25, 0.3) is 11.4 Å². The van der Waals surface area contributed by atoms with Crippen molar-refractivity contribution in [3.8, 4) is 11.4 Å². The van der Waals surface area contributed by atoms with E-state index in [0.717, 1.165) is 32.2 Å². The molecule has 30 heavy (non-hydrogen) atoms. The van der Waals surface area contributed by atoms with E-state index in [-0.39, 0.29) is 5.82 Å². The monoisotopic (exact) mass is 420 g/mol. The summed E-state index contributed by atoms with van der Waals surface area (Å²) in [4.78, 5) is 8.65. The first kappa shape index (κ1) is 20.5. The molecule has 0 unspecified atom stereocenters. The Kier molecular flexibility index (Phi) is 5.83. The maximum absolute atomic E-state index is 13.0. The smallest absolute Gasteiger partial charge is 0.338 e. The molecule has 9 heteroatoms. The fraction of sp³-hybridized carbons (Fsp3) is 0.333. The molecule has 3 aromatic rings. The predicted octanol–water partition coefficient (Wildman–Crippen LogP) is 4.21. The zero-order chi connectivity index (χ0) is 21.1. The summed E-state index contributed by atoms with van der Waals surface area (Å²) in [5.74, 6) is 0.555. The Morgan fingerprint density at radius 1 is 0.900 bits per heavy atom. The van der Waals surface area contributed by atoms with Crippen molar-refractivity contribution in [1.82, 2.24) is 19.9 Å². The van der Waals surface area contributed by atoms with Gasteiger partial charge in [-0.15, -0.1) is 0 Å². The van der Waals surface area contributed by atoms with Gasteiger partial charge in [-0.25, -0.2) is 4.39 Å². The van der Waals surface area contributed by atoms with Gasteiger partial charge in [0.05, 0.1) is 12.1 Å². The normalized spacial score (nSPS) is 16.1. The van der Waals surface area contributed by atoms with Crippen LogP contribution in [0.5, 0.6) is 0 Å². The molecule has 0 radical (unpaired) electrons. The summed E-state index contributed by atoms with van der Waals surface area (Å²) in [5, 5.41) is 3.94. The molecule has 4 rings (SSSR count). The van der Waals surface area contributed by atoms with E-state index in [1.54, 1.807) is 18.2 Å². The molecule has 158 valence electrons. The first-order chi connectivity index (χ1) is 14.4. The lowest BCUT2D eigenvalue weighted by Crippen LogP contribution is -2.45. The highest BCUT2D eigenvalue weighted by molar-refractivity contribution is 5.53. The molecule has 0 N–H and O–H groups in total. The van der Waals surface area contributed by atoms with Crippen molar-refractivity contribution in [3.05, 3.63) is 71.4 Å². The number of aromatic nitrogens is 2. The van der Waals surface area contributed by atoms with Crippen LogP contribution in [-0.2, 0) is 19.3 Å². The largest absolute Gasteiger partial charge is 0.416 e. The van der Waals surface area contributed by atoms with Crippen molar-refractivity contribution in [2.75, 3.05) is 26.2 Å². The minimum Gasteiger partial charge on any atom is -0.338 e. The van der Waals surface area contributed by atoms with E-state index >= 15 is 0 Å². The van der Waals surface area contributed by atoms with Crippen molar-refractivity contribution in [2.24, 2.45) is 0 Å². The van der Waals surface area contributed by atoms with Crippen molar-refractivity contribution < 1.29 is 22.1 Å². The molecule has 2 heterocycles. The second-order valence-electron chi connectivity index (χ2n) is 7.27. The fourth-order valence-corrected chi connectivity index (χ4v) is 3.44. The quantitative estimate of drug-likeness (QED) is 0.579. The highest BCUT2D eigenvalue weighted by Crippen LogP contribution is 2.29. The summed E-state index contributed by atoms with van der Waals surface area (Å²) in [6.45, 7) is 3.92. The molecule has 1 aliphatic rings. The van der Waals surface area contributed by atoms with Gasteiger partial charge in [0.1, 0.15) is 5.82 Å². The number of hydrogen-bond acceptors (Lipinski definition) is 5. The molecule has 1 saturated heterocycles. The van der Waals surface area contributed by atoms with E-state index in [1.807, 2.05) is 0 Å². The van der Waals surface area contributed by atoms with Gasteiger partial charge in [-0.05, 0) is 35.9 Å². The molecular weight excluding hydrogens is 400 g/mol. The van der Waals surface area contributed by atoms with Crippen LogP contribution >= 0.6 is 0 Å². The van der Waals surface area contributed by atoms with Gasteiger partial charge in [0.2, 0.25) is 11.7 Å².